The summed E-state index contributed by atoms with van der Waals surface area (Å²) in [4.78, 5) is 28.7. The number of benzene rings is 2. The highest BCUT2D eigenvalue weighted by molar-refractivity contribution is 7.11. The minimum absolute atomic E-state index is 0.290. The maximum atomic E-state index is 13.4. The summed E-state index contributed by atoms with van der Waals surface area (Å²) < 4.78 is 5.47. The van der Waals surface area contributed by atoms with Gasteiger partial charge in [-0.25, -0.2) is 4.90 Å². The molecule has 31 heavy (non-hydrogen) atoms. The average molecular weight is 433 g/mol. The van der Waals surface area contributed by atoms with Crippen LogP contribution in [0.25, 0.3) is 5.57 Å². The van der Waals surface area contributed by atoms with E-state index >= 15 is 0 Å². The third kappa shape index (κ3) is 4.11. The third-order valence-electron chi connectivity index (χ3n) is 5.10. The molecule has 3 aromatic rings. The molecule has 1 aromatic heterocycles. The summed E-state index contributed by atoms with van der Waals surface area (Å²) in [5, 5.41) is 5.10. The fraction of sp³-hybridized carbons (Fsp3) is 0.200. The Hall–Kier alpha value is -3.38. The van der Waals surface area contributed by atoms with Crippen molar-refractivity contribution in [2.24, 2.45) is 0 Å². The van der Waals surface area contributed by atoms with Gasteiger partial charge in [0.1, 0.15) is 11.4 Å². The van der Waals surface area contributed by atoms with Crippen LogP contribution in [0.5, 0.6) is 5.75 Å². The molecule has 2 aromatic carbocycles. The summed E-state index contributed by atoms with van der Waals surface area (Å²) in [6, 6.07) is 18.7. The summed E-state index contributed by atoms with van der Waals surface area (Å²) in [6.45, 7) is 6.72. The van der Waals surface area contributed by atoms with Crippen LogP contribution in [0, 0.1) is 0 Å². The molecule has 2 amide bonds. The minimum atomic E-state index is -0.370. The Kier molecular flexibility index (Phi) is 5.91. The van der Waals surface area contributed by atoms with Crippen LogP contribution in [0.2, 0.25) is 0 Å². The molecule has 1 aliphatic heterocycles. The van der Waals surface area contributed by atoms with E-state index in [9.17, 15) is 9.59 Å². The quantitative estimate of drug-likeness (QED) is 0.489. The fourth-order valence-corrected chi connectivity index (χ4v) is 4.25. The number of carbonyl (C=O) groups is 2. The van der Waals surface area contributed by atoms with Crippen LogP contribution >= 0.6 is 11.3 Å². The number of imide groups is 1. The highest BCUT2D eigenvalue weighted by Gasteiger charge is 2.40. The van der Waals surface area contributed by atoms with Gasteiger partial charge in [0, 0.05) is 10.6 Å². The summed E-state index contributed by atoms with van der Waals surface area (Å²) in [5.41, 5.74) is 3.17. The van der Waals surface area contributed by atoms with Gasteiger partial charge in [-0.1, -0.05) is 32.0 Å². The third-order valence-corrected chi connectivity index (χ3v) is 5.99. The first-order valence-corrected chi connectivity index (χ1v) is 11.1. The maximum Gasteiger partial charge on any atom is 0.282 e. The Morgan fingerprint density at radius 3 is 2.26 bits per heavy atom. The molecule has 0 saturated heterocycles. The Morgan fingerprint density at radius 2 is 1.68 bits per heavy atom. The molecular formula is C25H24N2O3S. The van der Waals surface area contributed by atoms with Crippen LogP contribution in [0.1, 0.15) is 37.1 Å². The zero-order chi connectivity index (χ0) is 22.0. The molecule has 2 heterocycles. The number of carbonyl (C=O) groups excluding carboxylic acids is 2. The van der Waals surface area contributed by atoms with Crippen LogP contribution in [-0.2, 0) is 9.59 Å². The molecule has 1 N–H and O–H groups in total. The first-order chi connectivity index (χ1) is 15.0. The van der Waals surface area contributed by atoms with E-state index in [1.807, 2.05) is 48.7 Å². The number of nitrogens with one attached hydrogen (secondary N) is 1. The van der Waals surface area contributed by atoms with Crippen molar-refractivity contribution in [1.29, 1.82) is 0 Å². The topological polar surface area (TPSA) is 58.6 Å². The Morgan fingerprint density at radius 1 is 0.968 bits per heavy atom. The van der Waals surface area contributed by atoms with Crippen LogP contribution in [0.3, 0.4) is 0 Å². The SMILES string of the molecule is CCOc1ccc(N2C(=O)C(Nc3ccc(C(C)C)cc3)=C(c3cccs3)C2=O)cc1. The van der Waals surface area contributed by atoms with Crippen molar-refractivity contribution < 1.29 is 14.3 Å². The van der Waals surface area contributed by atoms with E-state index < -0.39 is 0 Å². The van der Waals surface area contributed by atoms with Crippen molar-refractivity contribution in [3.05, 3.63) is 82.2 Å². The second kappa shape index (κ2) is 8.78. The first-order valence-electron chi connectivity index (χ1n) is 10.3. The summed E-state index contributed by atoms with van der Waals surface area (Å²) in [7, 11) is 0. The largest absolute Gasteiger partial charge is 0.494 e. The second-order valence-electron chi connectivity index (χ2n) is 7.50. The molecule has 4 rings (SSSR count). The molecule has 0 saturated carbocycles. The lowest BCUT2D eigenvalue weighted by molar-refractivity contribution is -0.120. The van der Waals surface area contributed by atoms with E-state index in [1.54, 1.807) is 24.3 Å². The molecule has 0 spiro atoms. The van der Waals surface area contributed by atoms with Gasteiger partial charge in [0.25, 0.3) is 11.8 Å². The van der Waals surface area contributed by atoms with Crippen molar-refractivity contribution in [2.75, 3.05) is 16.8 Å². The van der Waals surface area contributed by atoms with Crippen molar-refractivity contribution in [1.82, 2.24) is 0 Å². The highest BCUT2D eigenvalue weighted by Crippen LogP contribution is 2.36. The second-order valence-corrected chi connectivity index (χ2v) is 8.45. The van der Waals surface area contributed by atoms with E-state index in [0.717, 1.165) is 10.6 Å². The normalized spacial score (nSPS) is 14.0. The molecule has 5 nitrogen and oxygen atoms in total. The zero-order valence-corrected chi connectivity index (χ0v) is 18.5. The van der Waals surface area contributed by atoms with Crippen LogP contribution in [0.15, 0.2) is 71.7 Å². The van der Waals surface area contributed by atoms with E-state index in [0.29, 0.717) is 35.2 Å². The molecule has 0 aliphatic carbocycles. The molecule has 1 aliphatic rings. The molecule has 0 radical (unpaired) electrons. The van der Waals surface area contributed by atoms with Crippen molar-refractivity contribution in [3.63, 3.8) is 0 Å². The highest BCUT2D eigenvalue weighted by atomic mass is 32.1. The lowest BCUT2D eigenvalue weighted by atomic mass is 10.0. The Labute approximate surface area is 186 Å². The van der Waals surface area contributed by atoms with Gasteiger partial charge in [0.15, 0.2) is 0 Å². The van der Waals surface area contributed by atoms with E-state index in [-0.39, 0.29) is 11.8 Å². The lowest BCUT2D eigenvalue weighted by Gasteiger charge is -2.16. The summed E-state index contributed by atoms with van der Waals surface area (Å²) in [5.74, 6) is 0.406. The minimum Gasteiger partial charge on any atom is -0.494 e. The van der Waals surface area contributed by atoms with Crippen LogP contribution in [0.4, 0.5) is 11.4 Å². The van der Waals surface area contributed by atoms with Gasteiger partial charge < -0.3 is 10.1 Å². The van der Waals surface area contributed by atoms with E-state index in [2.05, 4.69) is 19.2 Å². The fourth-order valence-electron chi connectivity index (χ4n) is 3.48. The van der Waals surface area contributed by atoms with Crippen LogP contribution in [-0.4, -0.2) is 18.4 Å². The molecule has 0 atom stereocenters. The number of anilines is 2. The monoisotopic (exact) mass is 432 g/mol. The van der Waals surface area contributed by atoms with Crippen molar-refractivity contribution in [3.8, 4) is 5.75 Å². The van der Waals surface area contributed by atoms with Gasteiger partial charge in [-0.2, -0.15) is 0 Å². The number of rotatable bonds is 7. The molecule has 0 bridgehead atoms. The number of amides is 2. The van der Waals surface area contributed by atoms with E-state index in [4.69, 9.17) is 4.74 Å². The number of nitrogens with zero attached hydrogens (tertiary/aromatic N) is 1. The summed E-state index contributed by atoms with van der Waals surface area (Å²) in [6.07, 6.45) is 0. The number of thiophene rings is 1. The standard InChI is InChI=1S/C25H24N2O3S/c1-4-30-20-13-11-19(12-14-20)27-24(28)22(21-6-5-15-31-21)23(25(27)29)26-18-9-7-17(8-10-18)16(2)3/h5-16,26H,4H2,1-3H3. The Bertz CT molecular complexity index is 1110. The van der Waals surface area contributed by atoms with Gasteiger partial charge in [-0.3, -0.25) is 9.59 Å². The zero-order valence-electron chi connectivity index (χ0n) is 17.7. The molecular weight excluding hydrogens is 408 g/mol. The molecule has 6 heteroatoms. The number of ether oxygens (including phenoxy) is 1. The van der Waals surface area contributed by atoms with E-state index in [1.165, 1.54) is 21.8 Å². The van der Waals surface area contributed by atoms with Gasteiger partial charge in [-0.15, -0.1) is 11.3 Å². The van der Waals surface area contributed by atoms with Crippen molar-refractivity contribution >= 4 is 40.1 Å². The smallest absolute Gasteiger partial charge is 0.282 e. The number of hydrogen-bond acceptors (Lipinski definition) is 5. The Balaban J connectivity index is 1.69. The van der Waals surface area contributed by atoms with Gasteiger partial charge in [-0.05, 0) is 66.2 Å². The molecule has 158 valence electrons. The van der Waals surface area contributed by atoms with Crippen LogP contribution < -0.4 is 15.0 Å². The average Bonchev–Trinajstić information content (AvgIpc) is 3.36. The number of hydrogen-bond donors (Lipinski definition) is 1. The van der Waals surface area contributed by atoms with Gasteiger partial charge in [0.2, 0.25) is 0 Å². The molecule has 0 fully saturated rings. The summed E-state index contributed by atoms with van der Waals surface area (Å²) >= 11 is 1.44. The lowest BCUT2D eigenvalue weighted by Crippen LogP contribution is -2.32. The van der Waals surface area contributed by atoms with Gasteiger partial charge >= 0.3 is 0 Å². The maximum absolute atomic E-state index is 13.4. The molecule has 0 unspecified atom stereocenters. The first kappa shape index (κ1) is 20.9. The van der Waals surface area contributed by atoms with Crippen molar-refractivity contribution in [2.45, 2.75) is 26.7 Å². The van der Waals surface area contributed by atoms with Gasteiger partial charge in [0.05, 0.1) is 17.9 Å². The predicted molar refractivity (Wildman–Crippen MR) is 125 cm³/mol. The predicted octanol–water partition coefficient (Wildman–Crippen LogP) is 5.67.